The van der Waals surface area contributed by atoms with E-state index >= 15 is 0 Å². The molecule has 2 aromatic rings. The fourth-order valence-electron chi connectivity index (χ4n) is 2.09. The lowest BCUT2D eigenvalue weighted by Crippen LogP contribution is -2.34. The number of nitrogens with one attached hydrogen (secondary N) is 2. The van der Waals surface area contributed by atoms with E-state index in [0.717, 1.165) is 11.1 Å². The SMILES string of the molecule is CC(C)S(=O)(=O)c1ccc(CNC(=O)NCc2ccccc2)cc1. The Morgan fingerprint density at radius 3 is 1.88 bits per heavy atom. The second-order valence-electron chi connectivity index (χ2n) is 5.76. The van der Waals surface area contributed by atoms with Crippen molar-refractivity contribution in [2.45, 2.75) is 37.1 Å². The lowest BCUT2D eigenvalue weighted by atomic mass is 10.2. The van der Waals surface area contributed by atoms with E-state index in [-0.39, 0.29) is 6.03 Å². The summed E-state index contributed by atoms with van der Waals surface area (Å²) in [5.74, 6) is 0. The van der Waals surface area contributed by atoms with Crippen molar-refractivity contribution >= 4 is 15.9 Å². The zero-order chi connectivity index (χ0) is 17.6. The maximum absolute atomic E-state index is 12.0. The van der Waals surface area contributed by atoms with E-state index in [4.69, 9.17) is 0 Å². The smallest absolute Gasteiger partial charge is 0.315 e. The van der Waals surface area contributed by atoms with E-state index in [0.29, 0.717) is 18.0 Å². The molecule has 0 aliphatic heterocycles. The zero-order valence-electron chi connectivity index (χ0n) is 13.8. The largest absolute Gasteiger partial charge is 0.334 e. The van der Waals surface area contributed by atoms with Gasteiger partial charge in [0.15, 0.2) is 9.84 Å². The van der Waals surface area contributed by atoms with Crippen LogP contribution in [0, 0.1) is 0 Å². The van der Waals surface area contributed by atoms with E-state index in [2.05, 4.69) is 10.6 Å². The molecule has 0 aliphatic carbocycles. The average Bonchev–Trinajstić information content (AvgIpc) is 2.59. The molecule has 0 saturated carbocycles. The molecule has 2 N–H and O–H groups in total. The third-order valence-electron chi connectivity index (χ3n) is 3.62. The van der Waals surface area contributed by atoms with Gasteiger partial charge < -0.3 is 10.6 Å². The standard InChI is InChI=1S/C18H22N2O3S/c1-14(2)24(22,23)17-10-8-16(9-11-17)13-20-18(21)19-12-15-6-4-3-5-7-15/h3-11,14H,12-13H2,1-2H3,(H2,19,20,21). The van der Waals surface area contributed by atoms with Gasteiger partial charge in [-0.1, -0.05) is 42.5 Å². The summed E-state index contributed by atoms with van der Waals surface area (Å²) in [6, 6.07) is 16.0. The van der Waals surface area contributed by atoms with Crippen molar-refractivity contribution in [1.29, 1.82) is 0 Å². The summed E-state index contributed by atoms with van der Waals surface area (Å²) >= 11 is 0. The van der Waals surface area contributed by atoms with Crippen LogP contribution in [0.15, 0.2) is 59.5 Å². The highest BCUT2D eigenvalue weighted by Gasteiger charge is 2.18. The molecule has 0 aliphatic rings. The molecule has 5 nitrogen and oxygen atoms in total. The van der Waals surface area contributed by atoms with Gasteiger partial charge in [0.25, 0.3) is 0 Å². The van der Waals surface area contributed by atoms with Crippen LogP contribution in [0.4, 0.5) is 4.79 Å². The molecule has 0 spiro atoms. The molecule has 6 heteroatoms. The molecule has 2 amide bonds. The van der Waals surface area contributed by atoms with Gasteiger partial charge in [-0.15, -0.1) is 0 Å². The maximum atomic E-state index is 12.0. The van der Waals surface area contributed by atoms with Crippen molar-refractivity contribution in [3.05, 3.63) is 65.7 Å². The van der Waals surface area contributed by atoms with Gasteiger partial charge in [-0.3, -0.25) is 0 Å². The minimum Gasteiger partial charge on any atom is -0.334 e. The molecule has 0 aromatic heterocycles. The molecule has 0 saturated heterocycles. The van der Waals surface area contributed by atoms with E-state index in [1.54, 1.807) is 38.1 Å². The Morgan fingerprint density at radius 1 is 0.875 bits per heavy atom. The first-order chi connectivity index (χ1) is 11.4. The molecular formula is C18H22N2O3S. The Balaban J connectivity index is 1.85. The molecule has 24 heavy (non-hydrogen) atoms. The van der Waals surface area contributed by atoms with Crippen molar-refractivity contribution in [2.24, 2.45) is 0 Å². The summed E-state index contributed by atoms with van der Waals surface area (Å²) in [4.78, 5) is 12.1. The van der Waals surface area contributed by atoms with Gasteiger partial charge in [-0.05, 0) is 37.1 Å². The lowest BCUT2D eigenvalue weighted by Gasteiger charge is -2.10. The second-order valence-corrected chi connectivity index (χ2v) is 8.26. The summed E-state index contributed by atoms with van der Waals surface area (Å²) in [7, 11) is -3.26. The van der Waals surface area contributed by atoms with Crippen LogP contribution in [0.3, 0.4) is 0 Å². The van der Waals surface area contributed by atoms with Gasteiger partial charge in [0.1, 0.15) is 0 Å². The second kappa shape index (κ2) is 7.97. The first kappa shape index (κ1) is 18.0. The highest BCUT2D eigenvalue weighted by Crippen LogP contribution is 2.16. The third kappa shape index (κ3) is 4.83. The average molecular weight is 346 g/mol. The minimum absolute atomic E-state index is 0.266. The molecule has 0 atom stereocenters. The molecule has 0 fully saturated rings. The van der Waals surface area contributed by atoms with Gasteiger partial charge in [-0.25, -0.2) is 13.2 Å². The molecule has 0 heterocycles. The Morgan fingerprint density at radius 2 is 1.38 bits per heavy atom. The van der Waals surface area contributed by atoms with E-state index in [9.17, 15) is 13.2 Å². The summed E-state index contributed by atoms with van der Waals surface area (Å²) in [6.45, 7) is 4.10. The zero-order valence-corrected chi connectivity index (χ0v) is 14.6. The molecule has 2 rings (SSSR count). The minimum atomic E-state index is -3.26. The molecule has 0 unspecified atom stereocenters. The predicted molar refractivity (Wildman–Crippen MR) is 94.3 cm³/mol. The van der Waals surface area contributed by atoms with E-state index in [1.807, 2.05) is 30.3 Å². The number of carbonyl (C=O) groups is 1. The van der Waals surface area contributed by atoms with Crippen LogP contribution in [-0.4, -0.2) is 19.7 Å². The first-order valence-corrected chi connectivity index (χ1v) is 9.32. The molecule has 2 aromatic carbocycles. The van der Waals surface area contributed by atoms with Crippen molar-refractivity contribution < 1.29 is 13.2 Å². The Bertz CT molecular complexity index is 770. The van der Waals surface area contributed by atoms with E-state index < -0.39 is 15.1 Å². The van der Waals surface area contributed by atoms with Crippen LogP contribution in [0.5, 0.6) is 0 Å². The maximum Gasteiger partial charge on any atom is 0.315 e. The van der Waals surface area contributed by atoms with Gasteiger partial charge in [0.2, 0.25) is 0 Å². The molecule has 0 bridgehead atoms. The summed E-state index contributed by atoms with van der Waals surface area (Å²) in [5, 5.41) is 5.07. The molecular weight excluding hydrogens is 324 g/mol. The highest BCUT2D eigenvalue weighted by molar-refractivity contribution is 7.92. The fourth-order valence-corrected chi connectivity index (χ4v) is 3.15. The first-order valence-electron chi connectivity index (χ1n) is 7.78. The summed E-state index contributed by atoms with van der Waals surface area (Å²) in [6.07, 6.45) is 0. The third-order valence-corrected chi connectivity index (χ3v) is 5.79. The number of benzene rings is 2. The summed E-state index contributed by atoms with van der Waals surface area (Å²) in [5.41, 5.74) is 1.86. The van der Waals surface area contributed by atoms with Crippen LogP contribution < -0.4 is 10.6 Å². The number of sulfone groups is 1. The quantitative estimate of drug-likeness (QED) is 0.844. The number of hydrogen-bond donors (Lipinski definition) is 2. The summed E-state index contributed by atoms with van der Waals surface area (Å²) < 4.78 is 24.1. The van der Waals surface area contributed by atoms with Gasteiger partial charge in [-0.2, -0.15) is 0 Å². The topological polar surface area (TPSA) is 75.3 Å². The Kier molecular flexibility index (Phi) is 5.98. The van der Waals surface area contributed by atoms with Crippen LogP contribution >= 0.6 is 0 Å². The van der Waals surface area contributed by atoms with Gasteiger partial charge in [0.05, 0.1) is 10.1 Å². The number of carbonyl (C=O) groups excluding carboxylic acids is 1. The monoisotopic (exact) mass is 346 g/mol. The van der Waals surface area contributed by atoms with Crippen LogP contribution in [0.2, 0.25) is 0 Å². The Hall–Kier alpha value is -2.34. The number of hydrogen-bond acceptors (Lipinski definition) is 3. The van der Waals surface area contributed by atoms with Crippen LogP contribution in [0.25, 0.3) is 0 Å². The normalized spacial score (nSPS) is 11.3. The molecule has 0 radical (unpaired) electrons. The Labute approximate surface area is 143 Å². The van der Waals surface area contributed by atoms with Gasteiger partial charge >= 0.3 is 6.03 Å². The van der Waals surface area contributed by atoms with Crippen molar-refractivity contribution in [3.63, 3.8) is 0 Å². The fraction of sp³-hybridized carbons (Fsp3) is 0.278. The van der Waals surface area contributed by atoms with Crippen LogP contribution in [0.1, 0.15) is 25.0 Å². The number of urea groups is 1. The lowest BCUT2D eigenvalue weighted by molar-refractivity contribution is 0.240. The van der Waals surface area contributed by atoms with Crippen molar-refractivity contribution in [3.8, 4) is 0 Å². The van der Waals surface area contributed by atoms with Gasteiger partial charge in [0, 0.05) is 13.1 Å². The number of amides is 2. The molecule has 128 valence electrons. The van der Waals surface area contributed by atoms with E-state index in [1.165, 1.54) is 0 Å². The predicted octanol–water partition coefficient (Wildman–Crippen LogP) is 2.87. The highest BCUT2D eigenvalue weighted by atomic mass is 32.2. The number of rotatable bonds is 6. The van der Waals surface area contributed by atoms with Crippen molar-refractivity contribution in [2.75, 3.05) is 0 Å². The van der Waals surface area contributed by atoms with Crippen LogP contribution in [-0.2, 0) is 22.9 Å². The van der Waals surface area contributed by atoms with Crippen molar-refractivity contribution in [1.82, 2.24) is 10.6 Å².